The minimum atomic E-state index is -0.139. The Labute approximate surface area is 130 Å². The van der Waals surface area contributed by atoms with Gasteiger partial charge in [0.25, 0.3) is 0 Å². The standard InChI is InChI=1S/C17H21N3O2/c1-14-4-3-5-16(12-14)19-17(21)20(10-11-22-2)13-15-6-8-18-9-7-15/h3-9,12H,10-11,13H2,1-2H3,(H,19,21). The van der Waals surface area contributed by atoms with Gasteiger partial charge in [0.2, 0.25) is 0 Å². The topological polar surface area (TPSA) is 54.5 Å². The van der Waals surface area contributed by atoms with Crippen LogP contribution in [0, 0.1) is 6.92 Å². The second-order valence-electron chi connectivity index (χ2n) is 5.07. The second kappa shape index (κ2) is 8.14. The first-order valence-electron chi connectivity index (χ1n) is 7.19. The van der Waals surface area contributed by atoms with E-state index >= 15 is 0 Å². The third-order valence-corrected chi connectivity index (χ3v) is 3.24. The summed E-state index contributed by atoms with van der Waals surface area (Å²) < 4.78 is 5.10. The number of amides is 2. The van der Waals surface area contributed by atoms with Crippen LogP contribution < -0.4 is 5.32 Å². The van der Waals surface area contributed by atoms with Crippen LogP contribution in [0.25, 0.3) is 0 Å². The first-order chi connectivity index (χ1) is 10.7. The van der Waals surface area contributed by atoms with E-state index in [-0.39, 0.29) is 6.03 Å². The number of carbonyl (C=O) groups is 1. The number of benzene rings is 1. The molecule has 0 aliphatic rings. The van der Waals surface area contributed by atoms with E-state index < -0.39 is 0 Å². The Kier molecular flexibility index (Phi) is 5.91. The summed E-state index contributed by atoms with van der Waals surface area (Å²) in [6.45, 7) is 3.53. The van der Waals surface area contributed by atoms with E-state index in [2.05, 4.69) is 10.3 Å². The summed E-state index contributed by atoms with van der Waals surface area (Å²) >= 11 is 0. The predicted molar refractivity (Wildman–Crippen MR) is 86.7 cm³/mol. The smallest absolute Gasteiger partial charge is 0.322 e. The number of rotatable bonds is 6. The van der Waals surface area contributed by atoms with Gasteiger partial charge >= 0.3 is 6.03 Å². The van der Waals surface area contributed by atoms with Gasteiger partial charge in [0.1, 0.15) is 0 Å². The molecule has 116 valence electrons. The molecule has 1 N–H and O–H groups in total. The Morgan fingerprint density at radius 3 is 2.73 bits per heavy atom. The van der Waals surface area contributed by atoms with Crippen LogP contribution in [0.15, 0.2) is 48.8 Å². The average molecular weight is 299 g/mol. The number of ether oxygens (including phenoxy) is 1. The SMILES string of the molecule is COCCN(Cc1ccncc1)C(=O)Nc1cccc(C)c1. The van der Waals surface area contributed by atoms with Crippen molar-refractivity contribution in [3.05, 3.63) is 59.9 Å². The van der Waals surface area contributed by atoms with Gasteiger partial charge in [0.05, 0.1) is 6.61 Å². The molecule has 1 heterocycles. The molecule has 1 aromatic heterocycles. The fourth-order valence-electron chi connectivity index (χ4n) is 2.09. The molecule has 0 fully saturated rings. The summed E-state index contributed by atoms with van der Waals surface area (Å²) in [7, 11) is 1.63. The minimum Gasteiger partial charge on any atom is -0.383 e. The lowest BCUT2D eigenvalue weighted by Crippen LogP contribution is -2.36. The number of carbonyl (C=O) groups excluding carboxylic acids is 1. The van der Waals surface area contributed by atoms with Gasteiger partial charge < -0.3 is 15.0 Å². The Morgan fingerprint density at radius 2 is 2.05 bits per heavy atom. The van der Waals surface area contributed by atoms with Crippen molar-refractivity contribution in [1.29, 1.82) is 0 Å². The first kappa shape index (κ1) is 16.0. The third kappa shape index (κ3) is 4.86. The molecule has 0 aliphatic carbocycles. The van der Waals surface area contributed by atoms with Crippen LogP contribution in [0.2, 0.25) is 0 Å². The van der Waals surface area contributed by atoms with Crippen molar-refractivity contribution in [3.8, 4) is 0 Å². The number of aromatic nitrogens is 1. The van der Waals surface area contributed by atoms with Crippen LogP contribution in [0.5, 0.6) is 0 Å². The van der Waals surface area contributed by atoms with Crippen LogP contribution in [0.1, 0.15) is 11.1 Å². The lowest BCUT2D eigenvalue weighted by Gasteiger charge is -2.23. The van der Waals surface area contributed by atoms with E-state index in [0.29, 0.717) is 19.7 Å². The highest BCUT2D eigenvalue weighted by molar-refractivity contribution is 5.89. The highest BCUT2D eigenvalue weighted by Crippen LogP contribution is 2.12. The number of aryl methyl sites for hydroxylation is 1. The van der Waals surface area contributed by atoms with Gasteiger partial charge in [0.15, 0.2) is 0 Å². The molecule has 0 radical (unpaired) electrons. The molecule has 2 aromatic rings. The predicted octanol–water partition coefficient (Wildman–Crippen LogP) is 3.07. The summed E-state index contributed by atoms with van der Waals surface area (Å²) in [5.41, 5.74) is 2.93. The molecular formula is C17H21N3O2. The second-order valence-corrected chi connectivity index (χ2v) is 5.07. The summed E-state index contributed by atoms with van der Waals surface area (Å²) in [6, 6.07) is 11.4. The molecule has 2 rings (SSSR count). The van der Waals surface area contributed by atoms with Crippen LogP contribution in [-0.4, -0.2) is 36.2 Å². The maximum Gasteiger partial charge on any atom is 0.322 e. The number of hydrogen-bond donors (Lipinski definition) is 1. The lowest BCUT2D eigenvalue weighted by molar-refractivity contribution is 0.153. The monoisotopic (exact) mass is 299 g/mol. The molecule has 1 aromatic carbocycles. The quantitative estimate of drug-likeness (QED) is 0.892. The molecular weight excluding hydrogens is 278 g/mol. The van der Waals surface area contributed by atoms with E-state index in [0.717, 1.165) is 16.8 Å². The van der Waals surface area contributed by atoms with Crippen molar-refractivity contribution >= 4 is 11.7 Å². The van der Waals surface area contributed by atoms with Crippen molar-refractivity contribution in [2.45, 2.75) is 13.5 Å². The number of nitrogens with one attached hydrogen (secondary N) is 1. The third-order valence-electron chi connectivity index (χ3n) is 3.24. The fourth-order valence-corrected chi connectivity index (χ4v) is 2.09. The van der Waals surface area contributed by atoms with E-state index in [1.807, 2.05) is 43.3 Å². The van der Waals surface area contributed by atoms with Gasteiger partial charge in [-0.25, -0.2) is 4.79 Å². The molecule has 0 bridgehead atoms. The molecule has 0 atom stereocenters. The van der Waals surface area contributed by atoms with Crippen LogP contribution in [0.4, 0.5) is 10.5 Å². The molecule has 0 aliphatic heterocycles. The first-order valence-corrected chi connectivity index (χ1v) is 7.19. The zero-order chi connectivity index (χ0) is 15.8. The Hall–Kier alpha value is -2.40. The number of urea groups is 1. The highest BCUT2D eigenvalue weighted by Gasteiger charge is 2.14. The molecule has 22 heavy (non-hydrogen) atoms. The molecule has 0 spiro atoms. The highest BCUT2D eigenvalue weighted by atomic mass is 16.5. The number of methoxy groups -OCH3 is 1. The van der Waals surface area contributed by atoms with E-state index in [1.165, 1.54) is 0 Å². The molecule has 0 saturated heterocycles. The van der Waals surface area contributed by atoms with Crippen LogP contribution >= 0.6 is 0 Å². The summed E-state index contributed by atoms with van der Waals surface area (Å²) in [6.07, 6.45) is 3.45. The molecule has 5 heteroatoms. The summed E-state index contributed by atoms with van der Waals surface area (Å²) in [5.74, 6) is 0. The van der Waals surface area contributed by atoms with Crippen molar-refractivity contribution in [2.24, 2.45) is 0 Å². The van der Waals surface area contributed by atoms with Crippen molar-refractivity contribution in [2.75, 3.05) is 25.6 Å². The molecule has 0 unspecified atom stereocenters. The molecule has 0 saturated carbocycles. The van der Waals surface area contributed by atoms with E-state index in [1.54, 1.807) is 24.4 Å². The van der Waals surface area contributed by atoms with Crippen molar-refractivity contribution in [1.82, 2.24) is 9.88 Å². The van der Waals surface area contributed by atoms with Gasteiger partial charge in [-0.2, -0.15) is 0 Å². The Balaban J connectivity index is 2.05. The van der Waals surface area contributed by atoms with Gasteiger partial charge in [0, 0.05) is 38.3 Å². The minimum absolute atomic E-state index is 0.139. The summed E-state index contributed by atoms with van der Waals surface area (Å²) in [4.78, 5) is 18.2. The Morgan fingerprint density at radius 1 is 1.27 bits per heavy atom. The van der Waals surface area contributed by atoms with E-state index in [9.17, 15) is 4.79 Å². The van der Waals surface area contributed by atoms with Crippen LogP contribution in [-0.2, 0) is 11.3 Å². The lowest BCUT2D eigenvalue weighted by atomic mass is 10.2. The van der Waals surface area contributed by atoms with Gasteiger partial charge in [-0.1, -0.05) is 12.1 Å². The van der Waals surface area contributed by atoms with Gasteiger partial charge in [-0.3, -0.25) is 4.98 Å². The number of anilines is 1. The van der Waals surface area contributed by atoms with Crippen molar-refractivity contribution < 1.29 is 9.53 Å². The van der Waals surface area contributed by atoms with Crippen molar-refractivity contribution in [3.63, 3.8) is 0 Å². The molecule has 5 nitrogen and oxygen atoms in total. The zero-order valence-electron chi connectivity index (χ0n) is 13.0. The maximum atomic E-state index is 12.5. The fraction of sp³-hybridized carbons (Fsp3) is 0.294. The largest absolute Gasteiger partial charge is 0.383 e. The van der Waals surface area contributed by atoms with Gasteiger partial charge in [-0.15, -0.1) is 0 Å². The zero-order valence-corrected chi connectivity index (χ0v) is 13.0. The molecule has 2 amide bonds. The average Bonchev–Trinajstić information content (AvgIpc) is 2.52. The Bertz CT molecular complexity index is 602. The summed E-state index contributed by atoms with van der Waals surface area (Å²) in [5, 5.41) is 2.93. The maximum absolute atomic E-state index is 12.5. The van der Waals surface area contributed by atoms with E-state index in [4.69, 9.17) is 4.74 Å². The number of hydrogen-bond acceptors (Lipinski definition) is 3. The normalized spacial score (nSPS) is 10.3. The number of nitrogens with zero attached hydrogens (tertiary/aromatic N) is 2. The van der Waals surface area contributed by atoms with Crippen LogP contribution in [0.3, 0.4) is 0 Å². The van der Waals surface area contributed by atoms with Gasteiger partial charge in [-0.05, 0) is 42.3 Å². The number of pyridine rings is 1.